The number of hydrogen-bond acceptors (Lipinski definition) is 2. The summed E-state index contributed by atoms with van der Waals surface area (Å²) in [5, 5.41) is 0. The molecule has 0 bridgehead atoms. The summed E-state index contributed by atoms with van der Waals surface area (Å²) < 4.78 is 36.5. The minimum Gasteiger partial charge on any atom is -0.305 e. The molecule has 0 aromatic carbocycles. The Morgan fingerprint density at radius 3 is 1.57 bits per heavy atom. The van der Waals surface area contributed by atoms with E-state index in [1.807, 2.05) is 0 Å². The van der Waals surface area contributed by atoms with E-state index in [4.69, 9.17) is 0 Å². The standard InChI is InChI=1S/C7H12F3NO2Si/c1-5(12)11(14(2,3)4)6(13)7(8,9)10/h1-4H3. The lowest BCUT2D eigenvalue weighted by Crippen LogP contribution is -2.56. The Hall–Kier alpha value is -0.853. The van der Waals surface area contributed by atoms with Gasteiger partial charge in [0.1, 0.15) is 0 Å². The molecule has 0 aromatic heterocycles. The molecular weight excluding hydrogens is 215 g/mol. The summed E-state index contributed by atoms with van der Waals surface area (Å²) >= 11 is 0. The van der Waals surface area contributed by atoms with Crippen LogP contribution in [-0.4, -0.2) is 30.8 Å². The fraction of sp³-hybridized carbons (Fsp3) is 0.714. The van der Waals surface area contributed by atoms with Crippen molar-refractivity contribution in [1.82, 2.24) is 4.57 Å². The van der Waals surface area contributed by atoms with Gasteiger partial charge < -0.3 is 4.57 Å². The highest BCUT2D eigenvalue weighted by Gasteiger charge is 2.47. The Kier molecular flexibility index (Phi) is 3.49. The van der Waals surface area contributed by atoms with Crippen molar-refractivity contribution in [1.29, 1.82) is 0 Å². The van der Waals surface area contributed by atoms with Crippen LogP contribution in [0.5, 0.6) is 0 Å². The quantitative estimate of drug-likeness (QED) is 0.640. The van der Waals surface area contributed by atoms with E-state index in [0.717, 1.165) is 6.92 Å². The number of carbonyl (C=O) groups excluding carboxylic acids is 2. The maximum Gasteiger partial charge on any atom is 0.471 e. The molecule has 2 amide bonds. The molecule has 0 saturated carbocycles. The van der Waals surface area contributed by atoms with Gasteiger partial charge >= 0.3 is 12.1 Å². The van der Waals surface area contributed by atoms with E-state index >= 15 is 0 Å². The summed E-state index contributed by atoms with van der Waals surface area (Å²) in [4.78, 5) is 21.8. The molecule has 0 unspecified atom stereocenters. The molecule has 0 saturated heterocycles. The van der Waals surface area contributed by atoms with Gasteiger partial charge in [0.2, 0.25) is 5.91 Å². The Labute approximate surface area is 81.0 Å². The van der Waals surface area contributed by atoms with E-state index in [1.165, 1.54) is 19.6 Å². The fourth-order valence-corrected chi connectivity index (χ4v) is 2.73. The zero-order valence-electron chi connectivity index (χ0n) is 8.40. The molecule has 0 fully saturated rings. The molecule has 14 heavy (non-hydrogen) atoms. The molecule has 7 heteroatoms. The van der Waals surface area contributed by atoms with Gasteiger partial charge in [-0.3, -0.25) is 9.59 Å². The third kappa shape index (κ3) is 3.13. The van der Waals surface area contributed by atoms with Gasteiger partial charge in [-0.05, 0) is 0 Å². The number of halogens is 3. The SMILES string of the molecule is CC(=O)N(C(=O)C(F)(F)F)[Si](C)(C)C. The van der Waals surface area contributed by atoms with E-state index in [0.29, 0.717) is 4.57 Å². The number of hydrogen-bond donors (Lipinski definition) is 0. The normalized spacial score (nSPS) is 12.5. The van der Waals surface area contributed by atoms with E-state index in [-0.39, 0.29) is 0 Å². The first kappa shape index (κ1) is 13.1. The van der Waals surface area contributed by atoms with Gasteiger partial charge in [-0.1, -0.05) is 19.6 Å². The van der Waals surface area contributed by atoms with E-state index in [1.54, 1.807) is 0 Å². The number of amides is 2. The topological polar surface area (TPSA) is 37.4 Å². The lowest BCUT2D eigenvalue weighted by atomic mass is 10.5. The van der Waals surface area contributed by atoms with Crippen LogP contribution in [0.1, 0.15) is 6.92 Å². The third-order valence-electron chi connectivity index (χ3n) is 1.43. The van der Waals surface area contributed by atoms with Crippen LogP contribution in [0.4, 0.5) is 13.2 Å². The molecule has 0 radical (unpaired) electrons. The number of rotatable bonds is 1. The average Bonchev–Trinajstić information content (AvgIpc) is 1.79. The summed E-state index contributed by atoms with van der Waals surface area (Å²) in [7, 11) is -2.61. The first-order chi connectivity index (χ1) is 5.98. The van der Waals surface area contributed by atoms with Crippen LogP contribution in [0, 0.1) is 0 Å². The summed E-state index contributed by atoms with van der Waals surface area (Å²) in [6, 6.07) is 0. The minimum absolute atomic E-state index is 0.340. The number of nitrogens with zero attached hydrogens (tertiary/aromatic N) is 1. The van der Waals surface area contributed by atoms with Crippen molar-refractivity contribution >= 4 is 20.0 Å². The lowest BCUT2D eigenvalue weighted by Gasteiger charge is -2.31. The van der Waals surface area contributed by atoms with Crippen LogP contribution in [0.25, 0.3) is 0 Å². The molecule has 0 rings (SSSR count). The monoisotopic (exact) mass is 227 g/mol. The summed E-state index contributed by atoms with van der Waals surface area (Å²) in [5.74, 6) is -2.92. The second-order valence-electron chi connectivity index (χ2n) is 3.83. The van der Waals surface area contributed by atoms with Gasteiger partial charge in [0.05, 0.1) is 0 Å². The zero-order valence-corrected chi connectivity index (χ0v) is 9.40. The number of imide groups is 1. The second kappa shape index (κ2) is 3.72. The predicted octanol–water partition coefficient (Wildman–Crippen LogP) is 1.76. The Bertz CT molecular complexity index is 257. The van der Waals surface area contributed by atoms with Crippen LogP contribution in [-0.2, 0) is 9.59 Å². The number of alkyl halides is 3. The van der Waals surface area contributed by atoms with Crippen LogP contribution < -0.4 is 0 Å². The first-order valence-corrected chi connectivity index (χ1v) is 7.34. The van der Waals surface area contributed by atoms with Crippen LogP contribution in [0.3, 0.4) is 0 Å². The van der Waals surface area contributed by atoms with Crippen molar-refractivity contribution in [2.24, 2.45) is 0 Å². The molecule has 0 aliphatic heterocycles. The second-order valence-corrected chi connectivity index (χ2v) is 8.62. The highest BCUT2D eigenvalue weighted by molar-refractivity contribution is 6.77. The Balaban J connectivity index is 5.07. The molecule has 0 aliphatic rings. The Morgan fingerprint density at radius 1 is 1.14 bits per heavy atom. The maximum atomic E-state index is 12.1. The molecular formula is C7H12F3NO2Si. The molecule has 0 N–H and O–H groups in total. The molecule has 0 aliphatic carbocycles. The van der Waals surface area contributed by atoms with Gasteiger partial charge in [0.25, 0.3) is 0 Å². The van der Waals surface area contributed by atoms with Gasteiger partial charge in [-0.25, -0.2) is 0 Å². The fourth-order valence-electron chi connectivity index (χ4n) is 1.05. The largest absolute Gasteiger partial charge is 0.471 e. The molecule has 0 spiro atoms. The van der Waals surface area contributed by atoms with Crippen molar-refractivity contribution < 1.29 is 22.8 Å². The molecule has 0 heterocycles. The molecule has 0 atom stereocenters. The summed E-state index contributed by atoms with van der Waals surface area (Å²) in [6.07, 6.45) is -4.98. The van der Waals surface area contributed by atoms with Crippen LogP contribution in [0.2, 0.25) is 19.6 Å². The van der Waals surface area contributed by atoms with Gasteiger partial charge in [-0.15, -0.1) is 0 Å². The average molecular weight is 227 g/mol. The molecule has 0 aromatic rings. The Morgan fingerprint density at radius 2 is 1.50 bits per heavy atom. The molecule has 3 nitrogen and oxygen atoms in total. The van der Waals surface area contributed by atoms with Crippen LogP contribution >= 0.6 is 0 Å². The predicted molar refractivity (Wildman–Crippen MR) is 46.9 cm³/mol. The lowest BCUT2D eigenvalue weighted by molar-refractivity contribution is -0.182. The summed E-state index contributed by atoms with van der Waals surface area (Å²) in [5.41, 5.74) is 0. The zero-order chi connectivity index (χ0) is 11.7. The van der Waals surface area contributed by atoms with Gasteiger partial charge in [0, 0.05) is 6.92 Å². The maximum absolute atomic E-state index is 12.1. The first-order valence-electron chi connectivity index (χ1n) is 3.90. The third-order valence-corrected chi connectivity index (χ3v) is 3.29. The smallest absolute Gasteiger partial charge is 0.305 e. The van der Waals surface area contributed by atoms with Gasteiger partial charge in [0.15, 0.2) is 8.24 Å². The van der Waals surface area contributed by atoms with Crippen molar-refractivity contribution in [3.05, 3.63) is 0 Å². The van der Waals surface area contributed by atoms with Crippen molar-refractivity contribution in [2.45, 2.75) is 32.7 Å². The molecule has 82 valence electrons. The highest BCUT2D eigenvalue weighted by atomic mass is 28.3. The van der Waals surface area contributed by atoms with Crippen molar-refractivity contribution in [3.63, 3.8) is 0 Å². The van der Waals surface area contributed by atoms with Crippen molar-refractivity contribution in [3.8, 4) is 0 Å². The van der Waals surface area contributed by atoms with E-state index in [9.17, 15) is 22.8 Å². The van der Waals surface area contributed by atoms with Crippen molar-refractivity contribution in [2.75, 3.05) is 0 Å². The highest BCUT2D eigenvalue weighted by Crippen LogP contribution is 2.22. The van der Waals surface area contributed by atoms with Crippen LogP contribution in [0.15, 0.2) is 0 Å². The number of carbonyl (C=O) groups is 2. The minimum atomic E-state index is -4.98. The van der Waals surface area contributed by atoms with E-state index < -0.39 is 26.2 Å². The summed E-state index contributed by atoms with van der Waals surface area (Å²) in [6.45, 7) is 5.45. The van der Waals surface area contributed by atoms with E-state index in [2.05, 4.69) is 0 Å². The van der Waals surface area contributed by atoms with Gasteiger partial charge in [-0.2, -0.15) is 13.2 Å².